The number of aromatic hydroxyl groups is 1. The molecule has 0 amide bonds. The van der Waals surface area contributed by atoms with Gasteiger partial charge in [-0.05, 0) is 37.7 Å². The maximum atomic E-state index is 9.76. The van der Waals surface area contributed by atoms with Crippen LogP contribution in [0, 0.1) is 5.92 Å². The summed E-state index contributed by atoms with van der Waals surface area (Å²) < 4.78 is 5.29. The number of hydrogen-bond donors (Lipinski definition) is 1. The van der Waals surface area contributed by atoms with Gasteiger partial charge in [0.1, 0.15) is 5.75 Å². The summed E-state index contributed by atoms with van der Waals surface area (Å²) in [5.41, 5.74) is 0.543. The van der Waals surface area contributed by atoms with Gasteiger partial charge in [-0.2, -0.15) is 4.98 Å². The Bertz CT molecular complexity index is 574. The molecule has 5 nitrogen and oxygen atoms in total. The van der Waals surface area contributed by atoms with E-state index in [0.717, 1.165) is 24.6 Å². The number of aromatic nitrogens is 3. The predicted octanol–water partition coefficient (Wildman–Crippen LogP) is 3.52. The van der Waals surface area contributed by atoms with Crippen molar-refractivity contribution in [3.8, 4) is 17.2 Å². The Hall–Kier alpha value is -1.91. The van der Waals surface area contributed by atoms with Crippen LogP contribution < -0.4 is 0 Å². The zero-order chi connectivity index (χ0) is 13.9. The van der Waals surface area contributed by atoms with E-state index in [1.165, 1.54) is 25.5 Å². The van der Waals surface area contributed by atoms with Crippen LogP contribution in [0.4, 0.5) is 0 Å². The number of hydrogen-bond acceptors (Lipinski definition) is 5. The van der Waals surface area contributed by atoms with Gasteiger partial charge in [-0.1, -0.05) is 18.5 Å². The molecule has 0 radical (unpaired) electrons. The molecule has 1 fully saturated rings. The fraction of sp³-hybridized carbons (Fsp3) is 0.533. The smallest absolute Gasteiger partial charge is 0.261 e. The van der Waals surface area contributed by atoms with Gasteiger partial charge in [0.05, 0.1) is 11.8 Å². The summed E-state index contributed by atoms with van der Waals surface area (Å²) in [5.74, 6) is 2.45. The largest absolute Gasteiger partial charge is 0.505 e. The van der Waals surface area contributed by atoms with Gasteiger partial charge in [-0.3, -0.25) is 4.98 Å². The van der Waals surface area contributed by atoms with Crippen molar-refractivity contribution in [1.29, 1.82) is 0 Å². The zero-order valence-corrected chi connectivity index (χ0v) is 11.6. The van der Waals surface area contributed by atoms with E-state index in [0.29, 0.717) is 17.4 Å². The van der Waals surface area contributed by atoms with Crippen LogP contribution in [0.3, 0.4) is 0 Å². The lowest BCUT2D eigenvalue weighted by Gasteiger charge is -2.25. The van der Waals surface area contributed by atoms with Gasteiger partial charge in [-0.25, -0.2) is 0 Å². The van der Waals surface area contributed by atoms with Gasteiger partial charge in [0.25, 0.3) is 5.89 Å². The van der Waals surface area contributed by atoms with Gasteiger partial charge >= 0.3 is 0 Å². The standard InChI is InChI=1S/C15H19N3O2/c1-2-10-3-5-11(6-4-10)14-17-15(20-18-14)12-7-8-16-9-13(12)19/h7-11,19H,2-6H2,1H3. The SMILES string of the molecule is CCC1CCC(c2noc(-c3ccncc3O)n2)CC1. The van der Waals surface area contributed by atoms with Crippen LogP contribution >= 0.6 is 0 Å². The highest BCUT2D eigenvalue weighted by atomic mass is 16.5. The Morgan fingerprint density at radius 2 is 2.10 bits per heavy atom. The quantitative estimate of drug-likeness (QED) is 0.926. The van der Waals surface area contributed by atoms with Crippen LogP contribution in [0.25, 0.3) is 11.5 Å². The highest BCUT2D eigenvalue weighted by Crippen LogP contribution is 2.36. The molecular weight excluding hydrogens is 254 g/mol. The molecule has 0 saturated heterocycles. The Morgan fingerprint density at radius 1 is 1.30 bits per heavy atom. The minimum absolute atomic E-state index is 0.0670. The first-order valence-electron chi connectivity index (χ1n) is 7.25. The Labute approximate surface area is 118 Å². The summed E-state index contributed by atoms with van der Waals surface area (Å²) in [6.45, 7) is 2.25. The van der Waals surface area contributed by atoms with E-state index in [9.17, 15) is 5.11 Å². The van der Waals surface area contributed by atoms with Gasteiger partial charge < -0.3 is 9.63 Å². The van der Waals surface area contributed by atoms with E-state index in [-0.39, 0.29) is 5.75 Å². The molecule has 1 N–H and O–H groups in total. The normalized spacial score (nSPS) is 22.9. The van der Waals surface area contributed by atoms with Crippen molar-refractivity contribution in [2.24, 2.45) is 5.92 Å². The van der Waals surface area contributed by atoms with Gasteiger partial charge in [0.2, 0.25) is 0 Å². The van der Waals surface area contributed by atoms with Crippen molar-refractivity contribution in [2.75, 3.05) is 0 Å². The van der Waals surface area contributed by atoms with Crippen molar-refractivity contribution in [3.63, 3.8) is 0 Å². The van der Waals surface area contributed by atoms with Crippen LogP contribution in [0.15, 0.2) is 23.0 Å². The summed E-state index contributed by atoms with van der Waals surface area (Å²) in [5, 5.41) is 13.9. The number of nitrogens with zero attached hydrogens (tertiary/aromatic N) is 3. The Kier molecular flexibility index (Phi) is 3.67. The van der Waals surface area contributed by atoms with Gasteiger partial charge in [0, 0.05) is 12.1 Å². The van der Waals surface area contributed by atoms with Crippen LogP contribution in [-0.2, 0) is 0 Å². The average Bonchev–Trinajstić information content (AvgIpc) is 2.97. The van der Waals surface area contributed by atoms with Crippen molar-refractivity contribution in [2.45, 2.75) is 44.9 Å². The second-order valence-electron chi connectivity index (χ2n) is 5.48. The molecule has 0 atom stereocenters. The molecule has 0 aliphatic heterocycles. The van der Waals surface area contributed by atoms with Crippen molar-refractivity contribution >= 4 is 0 Å². The molecule has 106 valence electrons. The predicted molar refractivity (Wildman–Crippen MR) is 74.2 cm³/mol. The number of pyridine rings is 1. The molecule has 0 aromatic carbocycles. The average molecular weight is 273 g/mol. The van der Waals surface area contributed by atoms with E-state index in [1.807, 2.05) is 0 Å². The summed E-state index contributed by atoms with van der Waals surface area (Å²) in [6.07, 6.45) is 8.98. The van der Waals surface area contributed by atoms with E-state index < -0.39 is 0 Å². The van der Waals surface area contributed by atoms with Crippen molar-refractivity contribution in [1.82, 2.24) is 15.1 Å². The maximum absolute atomic E-state index is 9.76. The Morgan fingerprint density at radius 3 is 2.80 bits per heavy atom. The Balaban J connectivity index is 1.76. The second-order valence-corrected chi connectivity index (χ2v) is 5.48. The zero-order valence-electron chi connectivity index (χ0n) is 11.6. The summed E-state index contributed by atoms with van der Waals surface area (Å²) in [4.78, 5) is 8.30. The van der Waals surface area contributed by atoms with E-state index in [4.69, 9.17) is 4.52 Å². The first kappa shape index (κ1) is 13.1. The molecule has 0 bridgehead atoms. The lowest BCUT2D eigenvalue weighted by molar-refractivity contribution is 0.305. The molecule has 20 heavy (non-hydrogen) atoms. The fourth-order valence-electron chi connectivity index (χ4n) is 2.91. The molecule has 1 aliphatic rings. The monoisotopic (exact) mass is 273 g/mol. The van der Waals surface area contributed by atoms with E-state index >= 15 is 0 Å². The molecule has 3 rings (SSSR count). The first-order chi connectivity index (χ1) is 9.78. The lowest BCUT2D eigenvalue weighted by Crippen LogP contribution is -2.13. The molecule has 5 heteroatoms. The van der Waals surface area contributed by atoms with E-state index in [1.54, 1.807) is 12.3 Å². The minimum Gasteiger partial charge on any atom is -0.505 e. The molecule has 0 spiro atoms. The first-order valence-corrected chi connectivity index (χ1v) is 7.25. The van der Waals surface area contributed by atoms with Gasteiger partial charge in [-0.15, -0.1) is 0 Å². The van der Waals surface area contributed by atoms with E-state index in [2.05, 4.69) is 22.0 Å². The third-order valence-corrected chi connectivity index (χ3v) is 4.26. The summed E-state index contributed by atoms with van der Waals surface area (Å²) in [6, 6.07) is 1.68. The lowest BCUT2D eigenvalue weighted by atomic mass is 9.80. The molecule has 0 unspecified atom stereocenters. The summed E-state index contributed by atoms with van der Waals surface area (Å²) in [7, 11) is 0. The molecular formula is C15H19N3O2. The van der Waals surface area contributed by atoms with Crippen LogP contribution in [0.2, 0.25) is 0 Å². The van der Waals surface area contributed by atoms with Crippen molar-refractivity contribution in [3.05, 3.63) is 24.3 Å². The second kappa shape index (κ2) is 5.61. The molecule has 2 aromatic heterocycles. The molecule has 1 aliphatic carbocycles. The van der Waals surface area contributed by atoms with Crippen LogP contribution in [0.5, 0.6) is 5.75 Å². The topological polar surface area (TPSA) is 72.0 Å². The fourth-order valence-corrected chi connectivity index (χ4v) is 2.91. The molecule has 2 aromatic rings. The molecule has 2 heterocycles. The third kappa shape index (κ3) is 2.53. The van der Waals surface area contributed by atoms with Gasteiger partial charge in [0.15, 0.2) is 5.82 Å². The van der Waals surface area contributed by atoms with Crippen LogP contribution in [-0.4, -0.2) is 20.2 Å². The van der Waals surface area contributed by atoms with Crippen molar-refractivity contribution < 1.29 is 9.63 Å². The maximum Gasteiger partial charge on any atom is 0.261 e. The third-order valence-electron chi connectivity index (χ3n) is 4.26. The highest BCUT2D eigenvalue weighted by Gasteiger charge is 2.25. The minimum atomic E-state index is 0.0670. The highest BCUT2D eigenvalue weighted by molar-refractivity contribution is 5.60. The number of rotatable bonds is 3. The summed E-state index contributed by atoms with van der Waals surface area (Å²) >= 11 is 0. The van der Waals surface area contributed by atoms with Crippen LogP contribution in [0.1, 0.15) is 50.8 Å². The molecule has 1 saturated carbocycles.